The highest BCUT2D eigenvalue weighted by Crippen LogP contribution is 2.09. The van der Waals surface area contributed by atoms with Gasteiger partial charge in [-0.05, 0) is 13.8 Å². The van der Waals surface area contributed by atoms with Crippen molar-refractivity contribution in [3.05, 3.63) is 0 Å². The maximum atomic E-state index is 5.68. The monoisotopic (exact) mass is 145 g/mol. The Morgan fingerprint density at radius 2 is 2.20 bits per heavy atom. The Labute approximate surface area is 61.5 Å². The van der Waals surface area contributed by atoms with E-state index in [0.717, 1.165) is 0 Å². The second-order valence-corrected chi connectivity index (χ2v) is 2.92. The maximum Gasteiger partial charge on any atom is 0.0984 e. The molecule has 0 unspecified atom stereocenters. The lowest BCUT2D eigenvalue weighted by Crippen LogP contribution is -2.36. The van der Waals surface area contributed by atoms with Crippen molar-refractivity contribution in [3.8, 4) is 0 Å². The van der Waals surface area contributed by atoms with Crippen LogP contribution < -0.4 is 5.73 Å². The van der Waals surface area contributed by atoms with Crippen LogP contribution in [0, 0.1) is 0 Å². The van der Waals surface area contributed by atoms with E-state index < -0.39 is 0 Å². The van der Waals surface area contributed by atoms with E-state index in [0.29, 0.717) is 13.2 Å². The average molecular weight is 145 g/mol. The van der Waals surface area contributed by atoms with E-state index in [4.69, 9.17) is 15.2 Å². The minimum Gasteiger partial charge on any atom is -0.377 e. The van der Waals surface area contributed by atoms with E-state index in [1.165, 1.54) is 0 Å². The van der Waals surface area contributed by atoms with Gasteiger partial charge in [-0.15, -0.1) is 0 Å². The molecular formula is C7H15NO2. The Balaban J connectivity index is 2.26. The van der Waals surface area contributed by atoms with Crippen molar-refractivity contribution < 1.29 is 9.47 Å². The molecule has 1 fully saturated rings. The molecule has 2 N–H and O–H groups in total. The first-order chi connectivity index (χ1) is 4.70. The van der Waals surface area contributed by atoms with Gasteiger partial charge in [0, 0.05) is 0 Å². The summed E-state index contributed by atoms with van der Waals surface area (Å²) < 4.78 is 10.6. The molecule has 0 saturated carbocycles. The number of rotatable bonds is 2. The summed E-state index contributed by atoms with van der Waals surface area (Å²) in [5.74, 6) is 0. The van der Waals surface area contributed by atoms with Gasteiger partial charge in [0.05, 0.1) is 31.5 Å². The molecule has 0 aromatic carbocycles. The standard InChI is InChI=1S/C7H15NO2/c1-5(2)10-7-4-9-3-6(7)8/h5-7H,3-4,8H2,1-2H3/t6-,7+/m1/s1. The smallest absolute Gasteiger partial charge is 0.0984 e. The van der Waals surface area contributed by atoms with Gasteiger partial charge in [-0.3, -0.25) is 0 Å². The first kappa shape index (κ1) is 7.98. The first-order valence-corrected chi connectivity index (χ1v) is 3.69. The van der Waals surface area contributed by atoms with Crippen LogP contribution >= 0.6 is 0 Å². The fraction of sp³-hybridized carbons (Fsp3) is 1.00. The van der Waals surface area contributed by atoms with Crippen LogP contribution in [0.15, 0.2) is 0 Å². The van der Waals surface area contributed by atoms with E-state index in [2.05, 4.69) is 0 Å². The van der Waals surface area contributed by atoms with Crippen LogP contribution in [0.1, 0.15) is 13.8 Å². The Morgan fingerprint density at radius 1 is 1.50 bits per heavy atom. The zero-order valence-electron chi connectivity index (χ0n) is 6.54. The molecule has 1 heterocycles. The predicted octanol–water partition coefficient (Wildman–Crippen LogP) is 0.138. The molecule has 0 amide bonds. The van der Waals surface area contributed by atoms with Crippen molar-refractivity contribution in [2.75, 3.05) is 13.2 Å². The molecule has 1 rings (SSSR count). The van der Waals surface area contributed by atoms with Gasteiger partial charge in [-0.2, -0.15) is 0 Å². The maximum absolute atomic E-state index is 5.68. The molecule has 0 aromatic heterocycles. The van der Waals surface area contributed by atoms with Gasteiger partial charge in [0.2, 0.25) is 0 Å². The van der Waals surface area contributed by atoms with Gasteiger partial charge in [0.25, 0.3) is 0 Å². The summed E-state index contributed by atoms with van der Waals surface area (Å²) in [5.41, 5.74) is 5.68. The molecule has 0 radical (unpaired) electrons. The van der Waals surface area contributed by atoms with Crippen LogP contribution in [0.3, 0.4) is 0 Å². The molecule has 60 valence electrons. The lowest BCUT2D eigenvalue weighted by Gasteiger charge is -2.16. The quantitative estimate of drug-likeness (QED) is 0.601. The van der Waals surface area contributed by atoms with Crippen molar-refractivity contribution in [3.63, 3.8) is 0 Å². The number of hydrogen-bond acceptors (Lipinski definition) is 3. The highest BCUT2D eigenvalue weighted by atomic mass is 16.6. The molecule has 0 spiro atoms. The normalized spacial score (nSPS) is 33.6. The van der Waals surface area contributed by atoms with Gasteiger partial charge < -0.3 is 15.2 Å². The zero-order chi connectivity index (χ0) is 7.56. The van der Waals surface area contributed by atoms with Crippen LogP contribution in [0.2, 0.25) is 0 Å². The van der Waals surface area contributed by atoms with Gasteiger partial charge in [0.15, 0.2) is 0 Å². The minimum atomic E-state index is 0.0717. The summed E-state index contributed by atoms with van der Waals surface area (Å²) >= 11 is 0. The first-order valence-electron chi connectivity index (χ1n) is 3.69. The Kier molecular flexibility index (Phi) is 2.65. The second-order valence-electron chi connectivity index (χ2n) is 2.92. The SMILES string of the molecule is CC(C)O[C@H]1COC[C@H]1N. The zero-order valence-corrected chi connectivity index (χ0v) is 6.54. The molecule has 1 aliphatic rings. The Hall–Kier alpha value is -0.120. The fourth-order valence-electron chi connectivity index (χ4n) is 1.04. The average Bonchev–Trinajstić information content (AvgIpc) is 2.15. The van der Waals surface area contributed by atoms with Gasteiger partial charge in [0.1, 0.15) is 0 Å². The van der Waals surface area contributed by atoms with Crippen molar-refractivity contribution in [2.24, 2.45) is 5.73 Å². The van der Waals surface area contributed by atoms with Crippen molar-refractivity contribution >= 4 is 0 Å². The van der Waals surface area contributed by atoms with E-state index in [1.54, 1.807) is 0 Å². The molecule has 3 nitrogen and oxygen atoms in total. The Morgan fingerprint density at radius 3 is 2.60 bits per heavy atom. The number of nitrogens with two attached hydrogens (primary N) is 1. The molecule has 3 heteroatoms. The Bertz CT molecular complexity index is 106. The number of ether oxygens (including phenoxy) is 2. The largest absolute Gasteiger partial charge is 0.377 e. The van der Waals surface area contributed by atoms with Crippen molar-refractivity contribution in [1.29, 1.82) is 0 Å². The topological polar surface area (TPSA) is 44.5 Å². The summed E-state index contributed by atoms with van der Waals surface area (Å²) in [6, 6.07) is 0.0717. The molecule has 1 saturated heterocycles. The number of hydrogen-bond donors (Lipinski definition) is 1. The third-order valence-corrected chi connectivity index (χ3v) is 1.52. The van der Waals surface area contributed by atoms with Gasteiger partial charge in [-0.25, -0.2) is 0 Å². The summed E-state index contributed by atoms with van der Waals surface area (Å²) in [4.78, 5) is 0. The van der Waals surface area contributed by atoms with E-state index in [-0.39, 0.29) is 18.2 Å². The molecule has 2 atom stereocenters. The third kappa shape index (κ3) is 1.94. The summed E-state index contributed by atoms with van der Waals surface area (Å²) in [6.45, 7) is 5.30. The van der Waals surface area contributed by atoms with Crippen LogP contribution in [0.4, 0.5) is 0 Å². The molecule has 0 bridgehead atoms. The summed E-state index contributed by atoms with van der Waals surface area (Å²) in [6.07, 6.45) is 0.359. The fourth-order valence-corrected chi connectivity index (χ4v) is 1.04. The van der Waals surface area contributed by atoms with Gasteiger partial charge >= 0.3 is 0 Å². The van der Waals surface area contributed by atoms with Crippen molar-refractivity contribution in [2.45, 2.75) is 32.1 Å². The molecule has 0 aliphatic carbocycles. The molecular weight excluding hydrogens is 130 g/mol. The summed E-state index contributed by atoms with van der Waals surface area (Å²) in [7, 11) is 0. The van der Waals surface area contributed by atoms with Crippen LogP contribution in [-0.2, 0) is 9.47 Å². The third-order valence-electron chi connectivity index (χ3n) is 1.52. The van der Waals surface area contributed by atoms with Gasteiger partial charge in [-0.1, -0.05) is 0 Å². The summed E-state index contributed by atoms with van der Waals surface area (Å²) in [5, 5.41) is 0. The van der Waals surface area contributed by atoms with Crippen LogP contribution in [-0.4, -0.2) is 31.5 Å². The highest BCUT2D eigenvalue weighted by molar-refractivity contribution is 4.78. The lowest BCUT2D eigenvalue weighted by molar-refractivity contribution is -0.00224. The van der Waals surface area contributed by atoms with Crippen LogP contribution in [0.25, 0.3) is 0 Å². The predicted molar refractivity (Wildman–Crippen MR) is 38.8 cm³/mol. The molecule has 0 aromatic rings. The van der Waals surface area contributed by atoms with E-state index in [1.807, 2.05) is 13.8 Å². The van der Waals surface area contributed by atoms with Crippen molar-refractivity contribution in [1.82, 2.24) is 0 Å². The van der Waals surface area contributed by atoms with Crippen LogP contribution in [0.5, 0.6) is 0 Å². The van der Waals surface area contributed by atoms with E-state index >= 15 is 0 Å². The second kappa shape index (κ2) is 3.32. The molecule has 1 aliphatic heterocycles. The van der Waals surface area contributed by atoms with E-state index in [9.17, 15) is 0 Å². The molecule has 10 heavy (non-hydrogen) atoms. The lowest BCUT2D eigenvalue weighted by atomic mass is 10.2. The minimum absolute atomic E-state index is 0.0717. The highest BCUT2D eigenvalue weighted by Gasteiger charge is 2.25.